The molecule has 4 nitrogen and oxygen atoms in total. The number of hydrogen-bond acceptors (Lipinski definition) is 3. The van der Waals surface area contributed by atoms with Gasteiger partial charge in [-0.3, -0.25) is 4.79 Å². The minimum Gasteiger partial charge on any atom is -0.497 e. The fourth-order valence-electron chi connectivity index (χ4n) is 1.84. The van der Waals surface area contributed by atoms with E-state index in [1.807, 2.05) is 41.8 Å². The molecule has 0 saturated heterocycles. The Kier molecular flexibility index (Phi) is 2.97. The van der Waals surface area contributed by atoms with Gasteiger partial charge in [0.1, 0.15) is 11.4 Å². The Balaban J connectivity index is 1.78. The van der Waals surface area contributed by atoms with Gasteiger partial charge in [-0.15, -0.1) is 11.3 Å². The van der Waals surface area contributed by atoms with E-state index in [0.717, 1.165) is 21.7 Å². The molecule has 3 aromatic rings. The monoisotopic (exact) mass is 272 g/mol. The number of hydrogen-bond donors (Lipinski definition) is 2. The minimum atomic E-state index is -0.145. The Morgan fingerprint density at radius 2 is 2.05 bits per heavy atom. The second-order valence-electron chi connectivity index (χ2n) is 4.06. The first-order chi connectivity index (χ1) is 9.26. The number of benzene rings is 1. The van der Waals surface area contributed by atoms with Gasteiger partial charge in [0, 0.05) is 5.69 Å². The zero-order chi connectivity index (χ0) is 13.2. The molecule has 0 aliphatic heterocycles. The summed E-state index contributed by atoms with van der Waals surface area (Å²) in [5, 5.41) is 4.83. The van der Waals surface area contributed by atoms with E-state index in [1.54, 1.807) is 18.4 Å². The molecule has 19 heavy (non-hydrogen) atoms. The van der Waals surface area contributed by atoms with Crippen LogP contribution in [-0.4, -0.2) is 18.0 Å². The quantitative estimate of drug-likeness (QED) is 0.766. The van der Waals surface area contributed by atoms with E-state index in [-0.39, 0.29) is 5.91 Å². The molecule has 0 atom stereocenters. The standard InChI is InChI=1S/C14H12N2O2S/c1-18-10-4-2-9(3-5-10)15-14(17)12-8-13-11(16-12)6-7-19-13/h2-8,16H,1H3,(H,15,17). The summed E-state index contributed by atoms with van der Waals surface area (Å²) in [7, 11) is 1.61. The van der Waals surface area contributed by atoms with Crippen LogP contribution in [0, 0.1) is 0 Å². The summed E-state index contributed by atoms with van der Waals surface area (Å²) in [6.07, 6.45) is 0. The van der Waals surface area contributed by atoms with Crippen LogP contribution >= 0.6 is 11.3 Å². The number of anilines is 1. The molecule has 3 rings (SSSR count). The summed E-state index contributed by atoms with van der Waals surface area (Å²) in [6, 6.07) is 11.1. The summed E-state index contributed by atoms with van der Waals surface area (Å²) < 4.78 is 6.15. The van der Waals surface area contributed by atoms with Crippen LogP contribution < -0.4 is 10.1 Å². The Hall–Kier alpha value is -2.27. The third-order valence-electron chi connectivity index (χ3n) is 2.83. The van der Waals surface area contributed by atoms with Crippen molar-refractivity contribution in [3.8, 4) is 5.75 Å². The number of nitrogens with one attached hydrogen (secondary N) is 2. The highest BCUT2D eigenvalue weighted by atomic mass is 32.1. The highest BCUT2D eigenvalue weighted by Crippen LogP contribution is 2.22. The summed E-state index contributed by atoms with van der Waals surface area (Å²) in [5.74, 6) is 0.618. The van der Waals surface area contributed by atoms with E-state index in [4.69, 9.17) is 4.74 Å². The lowest BCUT2D eigenvalue weighted by Gasteiger charge is -2.04. The first-order valence-electron chi connectivity index (χ1n) is 5.78. The van der Waals surface area contributed by atoms with E-state index in [0.29, 0.717) is 5.69 Å². The van der Waals surface area contributed by atoms with E-state index in [2.05, 4.69) is 10.3 Å². The molecule has 1 aromatic carbocycles. The molecular weight excluding hydrogens is 260 g/mol. The number of carbonyl (C=O) groups is 1. The molecule has 0 aliphatic rings. The van der Waals surface area contributed by atoms with Crippen LogP contribution in [0.3, 0.4) is 0 Å². The summed E-state index contributed by atoms with van der Waals surface area (Å²) in [4.78, 5) is 15.2. The Morgan fingerprint density at radius 1 is 1.26 bits per heavy atom. The van der Waals surface area contributed by atoms with Crippen molar-refractivity contribution >= 4 is 33.1 Å². The highest BCUT2D eigenvalue weighted by Gasteiger charge is 2.10. The van der Waals surface area contributed by atoms with Crippen molar-refractivity contribution in [2.24, 2.45) is 0 Å². The summed E-state index contributed by atoms with van der Waals surface area (Å²) >= 11 is 1.61. The molecule has 0 radical (unpaired) electrons. The molecule has 0 spiro atoms. The zero-order valence-corrected chi connectivity index (χ0v) is 11.1. The van der Waals surface area contributed by atoms with Gasteiger partial charge in [-0.25, -0.2) is 0 Å². The van der Waals surface area contributed by atoms with Crippen LogP contribution in [-0.2, 0) is 0 Å². The Labute approximate surface area is 114 Å². The van der Waals surface area contributed by atoms with Gasteiger partial charge in [-0.1, -0.05) is 0 Å². The number of carbonyl (C=O) groups excluding carboxylic acids is 1. The highest BCUT2D eigenvalue weighted by molar-refractivity contribution is 7.17. The average molecular weight is 272 g/mol. The zero-order valence-electron chi connectivity index (χ0n) is 10.3. The van der Waals surface area contributed by atoms with Crippen LogP contribution in [0.5, 0.6) is 5.75 Å². The maximum absolute atomic E-state index is 12.1. The topological polar surface area (TPSA) is 54.1 Å². The number of amides is 1. The van der Waals surface area contributed by atoms with Gasteiger partial charge in [0.15, 0.2) is 0 Å². The number of thiophene rings is 1. The van der Waals surface area contributed by atoms with E-state index in [9.17, 15) is 4.79 Å². The molecule has 2 N–H and O–H groups in total. The number of methoxy groups -OCH3 is 1. The van der Waals surface area contributed by atoms with Crippen LogP contribution in [0.4, 0.5) is 5.69 Å². The second kappa shape index (κ2) is 4.78. The maximum atomic E-state index is 12.1. The molecule has 96 valence electrons. The van der Waals surface area contributed by atoms with Crippen molar-refractivity contribution in [1.29, 1.82) is 0 Å². The molecule has 0 bridgehead atoms. The van der Waals surface area contributed by atoms with Gasteiger partial charge in [0.25, 0.3) is 5.91 Å². The van der Waals surface area contributed by atoms with Crippen LogP contribution in [0.15, 0.2) is 41.8 Å². The first-order valence-corrected chi connectivity index (χ1v) is 6.66. The van der Waals surface area contributed by atoms with Crippen molar-refractivity contribution in [1.82, 2.24) is 4.98 Å². The van der Waals surface area contributed by atoms with Crippen LogP contribution in [0.25, 0.3) is 10.2 Å². The van der Waals surface area contributed by atoms with Crippen molar-refractivity contribution < 1.29 is 9.53 Å². The molecule has 2 heterocycles. The lowest BCUT2D eigenvalue weighted by molar-refractivity contribution is 0.102. The van der Waals surface area contributed by atoms with Gasteiger partial charge in [-0.2, -0.15) is 0 Å². The number of ether oxygens (including phenoxy) is 1. The smallest absolute Gasteiger partial charge is 0.272 e. The number of aromatic amines is 1. The molecule has 0 aliphatic carbocycles. The van der Waals surface area contributed by atoms with Crippen LogP contribution in [0.2, 0.25) is 0 Å². The van der Waals surface area contributed by atoms with E-state index >= 15 is 0 Å². The number of aromatic nitrogens is 1. The molecular formula is C14H12N2O2S. The fraction of sp³-hybridized carbons (Fsp3) is 0.0714. The Bertz CT molecular complexity index is 684. The third kappa shape index (κ3) is 2.32. The third-order valence-corrected chi connectivity index (χ3v) is 3.70. The van der Waals surface area contributed by atoms with Gasteiger partial charge < -0.3 is 15.0 Å². The predicted molar refractivity (Wildman–Crippen MR) is 77.1 cm³/mol. The van der Waals surface area contributed by atoms with Crippen LogP contribution in [0.1, 0.15) is 10.5 Å². The maximum Gasteiger partial charge on any atom is 0.272 e. The molecule has 5 heteroatoms. The summed E-state index contributed by atoms with van der Waals surface area (Å²) in [5.41, 5.74) is 2.30. The Morgan fingerprint density at radius 3 is 2.74 bits per heavy atom. The van der Waals surface area contributed by atoms with Gasteiger partial charge in [0.2, 0.25) is 0 Å². The van der Waals surface area contributed by atoms with E-state index in [1.165, 1.54) is 0 Å². The number of H-pyrrole nitrogens is 1. The lowest BCUT2D eigenvalue weighted by Crippen LogP contribution is -2.12. The lowest BCUT2D eigenvalue weighted by atomic mass is 10.3. The van der Waals surface area contributed by atoms with Crippen molar-refractivity contribution in [2.45, 2.75) is 0 Å². The van der Waals surface area contributed by atoms with Gasteiger partial charge in [0.05, 0.1) is 17.3 Å². The number of fused-ring (bicyclic) bond motifs is 1. The normalized spacial score (nSPS) is 10.6. The van der Waals surface area contributed by atoms with E-state index < -0.39 is 0 Å². The summed E-state index contributed by atoms with van der Waals surface area (Å²) in [6.45, 7) is 0. The molecule has 0 fully saturated rings. The predicted octanol–water partition coefficient (Wildman–Crippen LogP) is 3.49. The molecule has 0 unspecified atom stereocenters. The molecule has 1 amide bonds. The average Bonchev–Trinajstić information content (AvgIpc) is 3.00. The first kappa shape index (κ1) is 11.8. The fourth-order valence-corrected chi connectivity index (χ4v) is 2.63. The van der Waals surface area contributed by atoms with Crippen molar-refractivity contribution in [2.75, 3.05) is 12.4 Å². The largest absolute Gasteiger partial charge is 0.497 e. The number of rotatable bonds is 3. The molecule has 0 saturated carbocycles. The molecule has 2 aromatic heterocycles. The van der Waals surface area contributed by atoms with Gasteiger partial charge in [-0.05, 0) is 41.8 Å². The van der Waals surface area contributed by atoms with Gasteiger partial charge >= 0.3 is 0 Å². The van der Waals surface area contributed by atoms with Crippen molar-refractivity contribution in [3.63, 3.8) is 0 Å². The SMILES string of the molecule is COc1ccc(NC(=O)c2cc3sccc3[nH]2)cc1. The van der Waals surface area contributed by atoms with Crippen molar-refractivity contribution in [3.05, 3.63) is 47.5 Å². The minimum absolute atomic E-state index is 0.145. The second-order valence-corrected chi connectivity index (χ2v) is 5.01.